The fourth-order valence-electron chi connectivity index (χ4n) is 7.80. The van der Waals surface area contributed by atoms with E-state index in [4.69, 9.17) is 69.8 Å². The highest BCUT2D eigenvalue weighted by Crippen LogP contribution is 2.58. The summed E-state index contributed by atoms with van der Waals surface area (Å²) < 4.78 is 74.2. The molecule has 4 amide bonds. The molecule has 7 heterocycles. The molecule has 32 nitrogen and oxygen atoms in total. The number of hydrogen-bond donors (Lipinski definition) is 9. The van der Waals surface area contributed by atoms with Gasteiger partial charge in [-0.15, -0.1) is 0 Å². The van der Waals surface area contributed by atoms with E-state index in [9.17, 15) is 43.3 Å². The Labute approximate surface area is 435 Å². The first-order valence-corrected chi connectivity index (χ1v) is 28.1. The van der Waals surface area contributed by atoms with Crippen molar-refractivity contribution in [1.29, 1.82) is 0 Å². The van der Waals surface area contributed by atoms with E-state index in [1.165, 1.54) is 22.5 Å². The molecule has 3 fully saturated rings. The molecule has 10 atom stereocenters. The van der Waals surface area contributed by atoms with Crippen molar-refractivity contribution in [3.8, 4) is 0 Å². The number of nitrogen functional groups attached to an aromatic ring is 1. The minimum Gasteiger partial charge on any atom is -0.386 e. The standard InChI is InChI=1S/C39H55N13O19P2S2/c1-42-38(40)47-33-21(16-53)44-19-51(33)37-30(58)32-23(69-37)18-67-72(60,74)70-31-22(17-66-73(61,75)71-32)68-36(52-20-45-29-34(52)48-39(41)49-35(29)59)28(31)46-25(55)5-8-62-10-12-64-14-15-65-13-11-63-9-6-43-24(54)4-7-50-26(56)2-3-27(50)57/h2-3,16,19-20,22-23,28,30-32,36-37,58H,4-15,17-18H2,1H3,(H,43,54)(H,46,55)(H,60,74)(H,61,75)(H3,40,42,47)(H3,41,48,49,59). The molecule has 10 unspecified atom stereocenters. The second-order valence-electron chi connectivity index (χ2n) is 16.4. The number of aliphatic imine (C=N–C) groups is 1. The van der Waals surface area contributed by atoms with E-state index in [1.807, 2.05) is 0 Å². The number of ether oxygens (including phenoxy) is 6. The van der Waals surface area contributed by atoms with Crippen LogP contribution in [0.5, 0.6) is 0 Å². The highest BCUT2D eigenvalue weighted by Gasteiger charge is 2.54. The fraction of sp³-hybridized carbons (Fsp3) is 0.590. The van der Waals surface area contributed by atoms with Crippen LogP contribution in [0.3, 0.4) is 0 Å². The summed E-state index contributed by atoms with van der Waals surface area (Å²) >= 11 is 9.61. The molecule has 4 aliphatic heterocycles. The molecule has 75 heavy (non-hydrogen) atoms. The molecule has 4 aliphatic rings. The minimum atomic E-state index is -4.51. The van der Waals surface area contributed by atoms with Gasteiger partial charge >= 0.3 is 13.5 Å². The zero-order valence-electron chi connectivity index (χ0n) is 39.8. The predicted molar refractivity (Wildman–Crippen MR) is 263 cm³/mol. The van der Waals surface area contributed by atoms with Crippen molar-refractivity contribution >= 4 is 96.4 Å². The average molecular weight is 1140 g/mol. The Morgan fingerprint density at radius 3 is 2.23 bits per heavy atom. The van der Waals surface area contributed by atoms with E-state index in [0.717, 1.165) is 23.4 Å². The number of aromatic nitrogens is 6. The van der Waals surface area contributed by atoms with Gasteiger partial charge in [-0.1, -0.05) is 12.2 Å². The number of thiol groups is 1. The average Bonchev–Trinajstić information content (AvgIpc) is 4.18. The number of imidazole rings is 2. The van der Waals surface area contributed by atoms with Gasteiger partial charge in [0.2, 0.25) is 17.8 Å². The summed E-state index contributed by atoms with van der Waals surface area (Å²) in [6.45, 7) is -8.61. The summed E-state index contributed by atoms with van der Waals surface area (Å²) in [6.07, 6.45) is -5.32. The second kappa shape index (κ2) is 26.3. The van der Waals surface area contributed by atoms with Crippen LogP contribution >= 0.6 is 25.8 Å². The van der Waals surface area contributed by atoms with Crippen LogP contribution in [-0.2, 0) is 82.1 Å². The topological polar surface area (TPSA) is 420 Å². The number of aromatic amines is 1. The maximum Gasteiger partial charge on any atom is 0.386 e. The highest BCUT2D eigenvalue weighted by molar-refractivity contribution is 8.44. The summed E-state index contributed by atoms with van der Waals surface area (Å²) in [5.74, 6) is -2.25. The summed E-state index contributed by atoms with van der Waals surface area (Å²) in [6, 6.07) is -1.31. The number of H-pyrrole nitrogens is 1. The molecule has 0 saturated carbocycles. The molecule has 7 rings (SSSR count). The molecule has 3 aromatic heterocycles. The number of nitrogens with zero attached hydrogens (tertiary/aromatic N) is 7. The van der Waals surface area contributed by atoms with Crippen LogP contribution in [0.15, 0.2) is 34.6 Å². The van der Waals surface area contributed by atoms with Gasteiger partial charge in [0.05, 0.1) is 78.7 Å². The Bertz CT molecular complexity index is 2750. The number of imide groups is 1. The van der Waals surface area contributed by atoms with E-state index in [1.54, 1.807) is 0 Å². The van der Waals surface area contributed by atoms with Gasteiger partial charge in [0.1, 0.15) is 48.1 Å². The van der Waals surface area contributed by atoms with Gasteiger partial charge in [0.25, 0.3) is 17.4 Å². The molecule has 0 bridgehead atoms. The van der Waals surface area contributed by atoms with E-state index in [2.05, 4.69) is 53.1 Å². The number of rotatable bonds is 23. The lowest BCUT2D eigenvalue weighted by atomic mass is 10.1. The Hall–Kier alpha value is -5.13. The smallest absolute Gasteiger partial charge is 0.386 e. The number of anilines is 2. The quantitative estimate of drug-likeness (QED) is 0.00892. The number of nitrogens with two attached hydrogens (primary N) is 2. The zero-order chi connectivity index (χ0) is 53.9. The van der Waals surface area contributed by atoms with Gasteiger partial charge in [-0.05, 0) is 11.8 Å². The molecule has 36 heteroatoms. The normalized spacial score (nSPS) is 28.2. The number of amides is 4. The molecule has 3 aromatic rings. The molecular weight excluding hydrogens is 1080 g/mol. The number of hydrogen-bond acceptors (Lipinski definition) is 24. The zero-order valence-corrected chi connectivity index (χ0v) is 43.3. The van der Waals surface area contributed by atoms with Gasteiger partial charge in [0, 0.05) is 45.1 Å². The van der Waals surface area contributed by atoms with Crippen LogP contribution in [0.1, 0.15) is 35.8 Å². The second-order valence-corrected chi connectivity index (χ2v) is 22.0. The number of aliphatic hydroxyl groups excluding tert-OH is 1. The summed E-state index contributed by atoms with van der Waals surface area (Å²) in [4.78, 5) is 104. The van der Waals surface area contributed by atoms with Gasteiger partial charge in [-0.25, -0.2) is 14.5 Å². The highest BCUT2D eigenvalue weighted by atomic mass is 32.7. The monoisotopic (exact) mass is 1140 g/mol. The molecule has 10 N–H and O–H groups in total. The lowest BCUT2D eigenvalue weighted by Gasteiger charge is -2.31. The van der Waals surface area contributed by atoms with Crippen LogP contribution in [0.4, 0.5) is 11.8 Å². The number of carbonyl (C=O) groups excluding carboxylic acids is 5. The van der Waals surface area contributed by atoms with Crippen molar-refractivity contribution in [3.63, 3.8) is 0 Å². The number of carbonyl (C=O) groups is 5. The molecule has 0 aromatic carbocycles. The predicted octanol–water partition coefficient (Wildman–Crippen LogP) is -2.63. The third-order valence-electron chi connectivity index (χ3n) is 11.3. The SMILES string of the molecule is CN=C(N)Nc1c(C=O)ncn1C1OC2COP(O)(=S)OC3C(COP(=O)(S)OC2C1O)OC(n1cnc2c(=O)[nH]c(N)nc21)C3NC(=O)CCOCCOCCOCCOCCNC(=O)CCN1C(=O)C=CC1=O. The van der Waals surface area contributed by atoms with Crippen LogP contribution in [-0.4, -0.2) is 203 Å². The Balaban J connectivity index is 0.910. The molecule has 0 spiro atoms. The van der Waals surface area contributed by atoms with E-state index < -0.39 is 99.0 Å². The Kier molecular flexibility index (Phi) is 20.2. The van der Waals surface area contributed by atoms with Gasteiger partial charge in [-0.3, -0.25) is 61.8 Å². The lowest BCUT2D eigenvalue weighted by molar-refractivity contribution is -0.137. The summed E-state index contributed by atoms with van der Waals surface area (Å²) in [5.41, 5.74) is 10.7. The van der Waals surface area contributed by atoms with Crippen molar-refractivity contribution in [3.05, 3.63) is 40.9 Å². The van der Waals surface area contributed by atoms with Crippen LogP contribution < -0.4 is 33.0 Å². The van der Waals surface area contributed by atoms with Crippen molar-refractivity contribution in [2.75, 3.05) is 97.3 Å². The number of nitrogens with one attached hydrogen (secondary N) is 4. The maximum absolute atomic E-state index is 14.0. The van der Waals surface area contributed by atoms with Crippen molar-refractivity contribution < 1.29 is 85.1 Å². The lowest BCUT2D eigenvalue weighted by Crippen LogP contribution is -2.48. The number of aliphatic hydroxyl groups is 1. The minimum absolute atomic E-state index is 0.00746. The van der Waals surface area contributed by atoms with Gasteiger partial charge in [-0.2, -0.15) is 4.98 Å². The molecular formula is C39H55N13O19P2S2. The van der Waals surface area contributed by atoms with Crippen molar-refractivity contribution in [2.24, 2.45) is 10.7 Å². The summed E-state index contributed by atoms with van der Waals surface area (Å²) in [5, 5.41) is 19.7. The molecule has 412 valence electrons. The summed E-state index contributed by atoms with van der Waals surface area (Å²) in [7, 11) is 1.38. The third kappa shape index (κ3) is 15.1. The Morgan fingerprint density at radius 1 is 0.920 bits per heavy atom. The molecule has 0 radical (unpaired) electrons. The number of fused-ring (bicyclic) bond motifs is 3. The third-order valence-corrected chi connectivity index (χ3v) is 14.5. The first-order valence-electron chi connectivity index (χ1n) is 22.8. The fourth-order valence-corrected chi connectivity index (χ4v) is 10.7. The molecule has 3 saturated heterocycles. The van der Waals surface area contributed by atoms with Crippen LogP contribution in [0.25, 0.3) is 11.2 Å². The van der Waals surface area contributed by atoms with Crippen molar-refractivity contribution in [1.82, 2.24) is 44.6 Å². The first kappa shape index (κ1) is 57.6. The van der Waals surface area contributed by atoms with E-state index in [-0.39, 0.29) is 119 Å². The largest absolute Gasteiger partial charge is 0.386 e. The van der Waals surface area contributed by atoms with E-state index in [0.29, 0.717) is 6.29 Å². The van der Waals surface area contributed by atoms with Crippen LogP contribution in [0, 0.1) is 0 Å². The van der Waals surface area contributed by atoms with Gasteiger partial charge < -0.3 is 74.9 Å². The van der Waals surface area contributed by atoms with Crippen molar-refractivity contribution in [2.45, 2.75) is 61.9 Å². The maximum atomic E-state index is 14.0. The number of aldehydes is 1. The Morgan fingerprint density at radius 2 is 1.55 bits per heavy atom. The van der Waals surface area contributed by atoms with Crippen LogP contribution in [0.2, 0.25) is 0 Å². The number of guanidine groups is 1. The van der Waals surface area contributed by atoms with Gasteiger partial charge in [0.15, 0.2) is 35.9 Å². The molecule has 0 aliphatic carbocycles. The van der Waals surface area contributed by atoms with E-state index >= 15 is 0 Å². The first-order chi connectivity index (χ1) is 35.9.